The van der Waals surface area contributed by atoms with Crippen molar-refractivity contribution in [2.24, 2.45) is 5.92 Å². The van der Waals surface area contributed by atoms with Crippen molar-refractivity contribution in [1.82, 2.24) is 15.2 Å². The second kappa shape index (κ2) is 6.83. The summed E-state index contributed by atoms with van der Waals surface area (Å²) < 4.78 is 13.8. The summed E-state index contributed by atoms with van der Waals surface area (Å²) in [5.74, 6) is -0.402. The first kappa shape index (κ1) is 19.9. The molecule has 1 saturated heterocycles. The quantitative estimate of drug-likeness (QED) is 0.736. The van der Waals surface area contributed by atoms with E-state index >= 15 is 0 Å². The van der Waals surface area contributed by atoms with E-state index < -0.39 is 17.7 Å². The lowest BCUT2D eigenvalue weighted by atomic mass is 9.84. The molecule has 1 fully saturated rings. The SMILES string of the molecule is CC(C)C[C@H]1c2[nH]c3cc(F)ccc3c2C[C@H]2C(=O)N[C@@H](CC(C)(C)O)C(=O)N21. The van der Waals surface area contributed by atoms with Crippen LogP contribution in [0.2, 0.25) is 0 Å². The number of aromatic amines is 1. The van der Waals surface area contributed by atoms with E-state index in [2.05, 4.69) is 24.1 Å². The smallest absolute Gasteiger partial charge is 0.246 e. The van der Waals surface area contributed by atoms with Crippen molar-refractivity contribution in [2.45, 2.75) is 70.7 Å². The zero-order valence-corrected chi connectivity index (χ0v) is 17.3. The molecule has 0 radical (unpaired) electrons. The van der Waals surface area contributed by atoms with Gasteiger partial charge in [-0.25, -0.2) is 4.39 Å². The minimum atomic E-state index is -1.08. The fourth-order valence-electron chi connectivity index (χ4n) is 4.75. The summed E-state index contributed by atoms with van der Waals surface area (Å²) in [5.41, 5.74) is 1.48. The van der Waals surface area contributed by atoms with Gasteiger partial charge in [-0.15, -0.1) is 0 Å². The number of piperazine rings is 1. The van der Waals surface area contributed by atoms with E-state index in [1.165, 1.54) is 12.1 Å². The first-order valence-corrected chi connectivity index (χ1v) is 10.2. The van der Waals surface area contributed by atoms with Crippen LogP contribution in [-0.2, 0) is 16.0 Å². The molecular formula is C22H28FN3O3. The van der Waals surface area contributed by atoms with Crippen molar-refractivity contribution in [3.8, 4) is 0 Å². The Bertz CT molecular complexity index is 976. The number of nitrogens with one attached hydrogen (secondary N) is 2. The fourth-order valence-corrected chi connectivity index (χ4v) is 4.75. The normalized spacial score (nSPS) is 24.7. The number of H-pyrrole nitrogens is 1. The molecule has 0 aliphatic carbocycles. The molecule has 0 saturated carbocycles. The van der Waals surface area contributed by atoms with Crippen molar-refractivity contribution < 1.29 is 19.1 Å². The summed E-state index contributed by atoms with van der Waals surface area (Å²) in [6, 6.07) is 2.98. The Balaban J connectivity index is 1.81. The van der Waals surface area contributed by atoms with E-state index in [9.17, 15) is 19.1 Å². The molecule has 29 heavy (non-hydrogen) atoms. The fraction of sp³-hybridized carbons (Fsp3) is 0.545. The zero-order chi connectivity index (χ0) is 21.1. The van der Waals surface area contributed by atoms with E-state index in [0.29, 0.717) is 24.3 Å². The third kappa shape index (κ3) is 3.52. The Labute approximate surface area is 169 Å². The van der Waals surface area contributed by atoms with Crippen molar-refractivity contribution in [3.05, 3.63) is 35.3 Å². The van der Waals surface area contributed by atoms with Crippen molar-refractivity contribution in [3.63, 3.8) is 0 Å². The van der Waals surface area contributed by atoms with Gasteiger partial charge in [-0.3, -0.25) is 9.59 Å². The molecule has 1 aromatic heterocycles. The molecule has 156 valence electrons. The summed E-state index contributed by atoms with van der Waals surface area (Å²) in [4.78, 5) is 31.4. The van der Waals surface area contributed by atoms with Crippen LogP contribution in [-0.4, -0.2) is 44.5 Å². The summed E-state index contributed by atoms with van der Waals surface area (Å²) >= 11 is 0. The molecule has 6 nitrogen and oxygen atoms in total. The van der Waals surface area contributed by atoms with Crippen LogP contribution in [0.4, 0.5) is 4.39 Å². The lowest BCUT2D eigenvalue weighted by Crippen LogP contribution is -2.66. The molecule has 4 rings (SSSR count). The molecule has 3 heterocycles. The maximum atomic E-state index is 13.8. The third-order valence-electron chi connectivity index (χ3n) is 5.87. The Morgan fingerprint density at radius 2 is 2.03 bits per heavy atom. The Morgan fingerprint density at radius 1 is 1.31 bits per heavy atom. The van der Waals surface area contributed by atoms with Gasteiger partial charge in [-0.05, 0) is 49.9 Å². The molecule has 3 atom stereocenters. The molecule has 2 amide bonds. The van der Waals surface area contributed by atoms with Gasteiger partial charge in [0.2, 0.25) is 11.8 Å². The van der Waals surface area contributed by atoms with E-state index in [0.717, 1.165) is 16.6 Å². The third-order valence-corrected chi connectivity index (χ3v) is 5.87. The van der Waals surface area contributed by atoms with Crippen molar-refractivity contribution in [1.29, 1.82) is 0 Å². The van der Waals surface area contributed by atoms with Crippen molar-refractivity contribution in [2.75, 3.05) is 0 Å². The first-order valence-electron chi connectivity index (χ1n) is 10.2. The average molecular weight is 401 g/mol. The summed E-state index contributed by atoms with van der Waals surface area (Å²) in [5, 5.41) is 13.9. The molecule has 1 aromatic carbocycles. The van der Waals surface area contributed by atoms with E-state index in [4.69, 9.17) is 0 Å². The van der Waals surface area contributed by atoms with Gasteiger partial charge in [0.15, 0.2) is 0 Å². The largest absolute Gasteiger partial charge is 0.390 e. The first-order chi connectivity index (χ1) is 13.5. The highest BCUT2D eigenvalue weighted by Crippen LogP contribution is 2.42. The van der Waals surface area contributed by atoms with Gasteiger partial charge in [0.1, 0.15) is 17.9 Å². The van der Waals surface area contributed by atoms with Gasteiger partial charge < -0.3 is 20.3 Å². The van der Waals surface area contributed by atoms with Gasteiger partial charge in [-0.2, -0.15) is 0 Å². The van der Waals surface area contributed by atoms with Gasteiger partial charge in [0.05, 0.1) is 11.6 Å². The van der Waals surface area contributed by atoms with Crippen molar-refractivity contribution >= 4 is 22.7 Å². The highest BCUT2D eigenvalue weighted by Gasteiger charge is 2.49. The molecule has 2 aliphatic heterocycles. The number of aromatic nitrogens is 1. The zero-order valence-electron chi connectivity index (χ0n) is 17.3. The van der Waals surface area contributed by atoms with Crippen LogP contribution >= 0.6 is 0 Å². The molecular weight excluding hydrogens is 373 g/mol. The monoisotopic (exact) mass is 401 g/mol. The summed E-state index contributed by atoms with van der Waals surface area (Å²) in [6.45, 7) is 7.41. The van der Waals surface area contributed by atoms with Gasteiger partial charge >= 0.3 is 0 Å². The number of amides is 2. The molecule has 0 bridgehead atoms. The van der Waals surface area contributed by atoms with Crippen LogP contribution in [0.1, 0.15) is 57.8 Å². The van der Waals surface area contributed by atoms with Crippen LogP contribution in [0.5, 0.6) is 0 Å². The number of hydrogen-bond acceptors (Lipinski definition) is 3. The molecule has 0 spiro atoms. The number of fused-ring (bicyclic) bond motifs is 4. The predicted octanol–water partition coefficient (Wildman–Crippen LogP) is 2.81. The predicted molar refractivity (Wildman–Crippen MR) is 108 cm³/mol. The second-order valence-corrected chi connectivity index (χ2v) is 9.40. The van der Waals surface area contributed by atoms with Crippen LogP contribution < -0.4 is 5.32 Å². The molecule has 2 aromatic rings. The van der Waals surface area contributed by atoms with E-state index in [-0.39, 0.29) is 30.1 Å². The summed E-state index contributed by atoms with van der Waals surface area (Å²) in [7, 11) is 0. The minimum Gasteiger partial charge on any atom is -0.390 e. The van der Waals surface area contributed by atoms with Crippen LogP contribution in [0.15, 0.2) is 18.2 Å². The minimum absolute atomic E-state index is 0.153. The molecule has 3 N–H and O–H groups in total. The number of nitrogens with zero attached hydrogens (tertiary/aromatic N) is 1. The number of carbonyl (C=O) groups excluding carboxylic acids is 2. The number of aliphatic hydroxyl groups is 1. The van der Waals surface area contributed by atoms with Crippen LogP contribution in [0.3, 0.4) is 0 Å². The van der Waals surface area contributed by atoms with E-state index in [1.54, 1.807) is 24.8 Å². The Kier molecular flexibility index (Phi) is 4.69. The lowest BCUT2D eigenvalue weighted by Gasteiger charge is -2.47. The second-order valence-electron chi connectivity index (χ2n) is 9.40. The molecule has 0 unspecified atom stereocenters. The van der Waals surface area contributed by atoms with Gasteiger partial charge in [0, 0.05) is 29.4 Å². The average Bonchev–Trinajstić information content (AvgIpc) is 2.95. The summed E-state index contributed by atoms with van der Waals surface area (Å²) in [6.07, 6.45) is 1.23. The van der Waals surface area contributed by atoms with Crippen LogP contribution in [0.25, 0.3) is 10.9 Å². The van der Waals surface area contributed by atoms with Gasteiger partial charge in [0.25, 0.3) is 0 Å². The standard InChI is InChI=1S/C22H28FN3O3/c1-11(2)7-17-19-14(13-6-5-12(23)8-15(13)24-19)9-18-20(27)25-16(10-22(3,4)29)21(28)26(17)18/h5-6,8,11,16-18,24,29H,7,9-10H2,1-4H3,(H,25,27)/t16-,17-,18-/m0/s1. The van der Waals surface area contributed by atoms with Crippen LogP contribution in [0, 0.1) is 11.7 Å². The van der Waals surface area contributed by atoms with Gasteiger partial charge in [-0.1, -0.05) is 13.8 Å². The lowest BCUT2D eigenvalue weighted by molar-refractivity contribution is -0.155. The topological polar surface area (TPSA) is 85.4 Å². The number of benzene rings is 1. The maximum absolute atomic E-state index is 13.8. The maximum Gasteiger partial charge on any atom is 0.246 e. The highest BCUT2D eigenvalue weighted by atomic mass is 19.1. The Morgan fingerprint density at radius 3 is 2.69 bits per heavy atom. The number of rotatable bonds is 4. The van der Waals surface area contributed by atoms with E-state index in [1.807, 2.05) is 0 Å². The Hall–Kier alpha value is -2.41. The molecule has 7 heteroatoms. The number of halogens is 1. The number of carbonyl (C=O) groups is 2. The number of hydrogen-bond donors (Lipinski definition) is 3. The highest BCUT2D eigenvalue weighted by molar-refractivity contribution is 5.99. The molecule has 2 aliphatic rings.